The number of benzene rings is 3. The number of halogens is 1. The summed E-state index contributed by atoms with van der Waals surface area (Å²) in [7, 11) is 1.19. The van der Waals surface area contributed by atoms with Gasteiger partial charge in [0.2, 0.25) is 5.43 Å². The number of esters is 1. The molecule has 0 spiro atoms. The summed E-state index contributed by atoms with van der Waals surface area (Å²) in [6, 6.07) is 17.9. The van der Waals surface area contributed by atoms with Crippen molar-refractivity contribution in [1.29, 1.82) is 0 Å². The molecule has 180 valence electrons. The van der Waals surface area contributed by atoms with Crippen LogP contribution in [0.5, 0.6) is 0 Å². The van der Waals surface area contributed by atoms with Crippen LogP contribution in [-0.2, 0) is 24.1 Å². The van der Waals surface area contributed by atoms with Gasteiger partial charge in [0.25, 0.3) is 0 Å². The highest BCUT2D eigenvalue weighted by Gasteiger charge is 2.29. The van der Waals surface area contributed by atoms with Crippen LogP contribution in [0, 0.1) is 5.82 Å². The SMILES string of the molecule is CCc1ccc2c(c1C(=O)c1cn(Cc3ccc(F)cc3)cc(C(=O)OC)c1=O)Cc1ccccc1-2. The molecular formula is C30H24FNO4. The second-order valence-electron chi connectivity index (χ2n) is 8.85. The molecule has 0 amide bonds. The van der Waals surface area contributed by atoms with Gasteiger partial charge in [0, 0.05) is 24.5 Å². The van der Waals surface area contributed by atoms with Crippen LogP contribution < -0.4 is 5.43 Å². The van der Waals surface area contributed by atoms with Crippen LogP contribution in [0.3, 0.4) is 0 Å². The summed E-state index contributed by atoms with van der Waals surface area (Å²) in [5, 5.41) is 0. The zero-order valence-electron chi connectivity index (χ0n) is 20.0. The fourth-order valence-corrected chi connectivity index (χ4v) is 4.91. The van der Waals surface area contributed by atoms with Gasteiger partial charge in [-0.05, 0) is 58.4 Å². The molecular weight excluding hydrogens is 457 g/mol. The maximum absolute atomic E-state index is 14.1. The minimum atomic E-state index is -0.816. The lowest BCUT2D eigenvalue weighted by Crippen LogP contribution is -2.27. The Morgan fingerprint density at radius 3 is 2.39 bits per heavy atom. The average Bonchev–Trinajstić information content (AvgIpc) is 3.28. The van der Waals surface area contributed by atoms with Crippen molar-refractivity contribution in [3.63, 3.8) is 0 Å². The molecule has 4 aromatic rings. The first-order chi connectivity index (χ1) is 17.4. The van der Waals surface area contributed by atoms with E-state index in [9.17, 15) is 18.8 Å². The summed E-state index contributed by atoms with van der Waals surface area (Å²) >= 11 is 0. The molecule has 0 fully saturated rings. The average molecular weight is 482 g/mol. The number of methoxy groups -OCH3 is 1. The lowest BCUT2D eigenvalue weighted by molar-refractivity contribution is 0.0598. The summed E-state index contributed by atoms with van der Waals surface area (Å²) in [6.45, 7) is 2.21. The Morgan fingerprint density at radius 2 is 1.67 bits per heavy atom. The second-order valence-corrected chi connectivity index (χ2v) is 8.85. The first-order valence-electron chi connectivity index (χ1n) is 11.8. The van der Waals surface area contributed by atoms with Crippen LogP contribution in [0.2, 0.25) is 0 Å². The molecule has 0 radical (unpaired) electrons. The molecule has 0 bridgehead atoms. The quantitative estimate of drug-likeness (QED) is 0.247. The van der Waals surface area contributed by atoms with E-state index in [0.717, 1.165) is 33.4 Å². The van der Waals surface area contributed by atoms with Crippen molar-refractivity contribution in [2.45, 2.75) is 26.3 Å². The van der Waals surface area contributed by atoms with Crippen molar-refractivity contribution >= 4 is 11.8 Å². The third-order valence-corrected chi connectivity index (χ3v) is 6.69. The van der Waals surface area contributed by atoms with Gasteiger partial charge in [-0.25, -0.2) is 9.18 Å². The van der Waals surface area contributed by atoms with Crippen LogP contribution in [0.25, 0.3) is 11.1 Å². The minimum Gasteiger partial charge on any atom is -0.465 e. The number of carbonyl (C=O) groups is 2. The van der Waals surface area contributed by atoms with Gasteiger partial charge in [-0.1, -0.05) is 55.5 Å². The lowest BCUT2D eigenvalue weighted by Gasteiger charge is -2.15. The molecule has 1 aliphatic rings. The molecule has 0 saturated heterocycles. The highest BCUT2D eigenvalue weighted by molar-refractivity contribution is 6.13. The lowest BCUT2D eigenvalue weighted by atomic mass is 9.89. The maximum Gasteiger partial charge on any atom is 0.343 e. The summed E-state index contributed by atoms with van der Waals surface area (Å²) in [5.41, 5.74) is 5.22. The van der Waals surface area contributed by atoms with Crippen LogP contribution in [0.4, 0.5) is 4.39 Å². The largest absolute Gasteiger partial charge is 0.465 e. The standard InChI is InChI=1S/C30H24FNO4/c1-3-19-10-13-23-22-7-5-4-6-20(22)14-24(23)27(19)29(34)25-16-32(15-18-8-11-21(31)12-9-18)17-26(28(25)33)30(35)36-2/h4-13,16-17H,3,14-15H2,1-2H3. The van der Waals surface area contributed by atoms with Gasteiger partial charge in [0.1, 0.15) is 11.4 Å². The van der Waals surface area contributed by atoms with E-state index < -0.39 is 17.2 Å². The molecule has 0 aliphatic heterocycles. The number of hydrogen-bond acceptors (Lipinski definition) is 4. The van der Waals surface area contributed by atoms with Crippen LogP contribution in [-0.4, -0.2) is 23.4 Å². The number of pyridine rings is 1. The van der Waals surface area contributed by atoms with Crippen LogP contribution in [0.1, 0.15) is 55.5 Å². The van der Waals surface area contributed by atoms with E-state index >= 15 is 0 Å². The summed E-state index contributed by atoms with van der Waals surface area (Å²) in [5.74, 6) is -1.60. The van der Waals surface area contributed by atoms with Gasteiger partial charge in [-0.3, -0.25) is 9.59 Å². The molecule has 0 saturated carbocycles. The molecule has 3 aromatic carbocycles. The van der Waals surface area contributed by atoms with E-state index in [4.69, 9.17) is 4.74 Å². The Bertz CT molecular complexity index is 1570. The Morgan fingerprint density at radius 1 is 0.944 bits per heavy atom. The Kier molecular flexibility index (Phi) is 6.10. The first-order valence-corrected chi connectivity index (χ1v) is 11.8. The number of ketones is 1. The van der Waals surface area contributed by atoms with E-state index in [1.54, 1.807) is 16.7 Å². The van der Waals surface area contributed by atoms with E-state index in [1.807, 2.05) is 43.3 Å². The van der Waals surface area contributed by atoms with Crippen molar-refractivity contribution in [2.24, 2.45) is 0 Å². The van der Waals surface area contributed by atoms with Crippen molar-refractivity contribution in [3.8, 4) is 11.1 Å². The summed E-state index contributed by atoms with van der Waals surface area (Å²) in [4.78, 5) is 39.9. The maximum atomic E-state index is 14.1. The Balaban J connectivity index is 1.66. The van der Waals surface area contributed by atoms with Gasteiger partial charge in [-0.15, -0.1) is 0 Å². The normalized spacial score (nSPS) is 11.6. The van der Waals surface area contributed by atoms with E-state index in [-0.39, 0.29) is 23.5 Å². The predicted molar refractivity (Wildman–Crippen MR) is 135 cm³/mol. The summed E-state index contributed by atoms with van der Waals surface area (Å²) in [6.07, 6.45) is 4.06. The highest BCUT2D eigenvalue weighted by Crippen LogP contribution is 2.40. The van der Waals surface area contributed by atoms with Crippen LogP contribution in [0.15, 0.2) is 77.9 Å². The van der Waals surface area contributed by atoms with Gasteiger partial charge in [-0.2, -0.15) is 0 Å². The number of fused-ring (bicyclic) bond motifs is 3. The first kappa shape index (κ1) is 23.4. The molecule has 6 heteroatoms. The minimum absolute atomic E-state index is 0.0981. The van der Waals surface area contributed by atoms with E-state index in [0.29, 0.717) is 18.4 Å². The molecule has 0 unspecified atom stereocenters. The zero-order valence-corrected chi connectivity index (χ0v) is 20.0. The molecule has 1 aromatic heterocycles. The number of nitrogens with zero attached hydrogens (tertiary/aromatic N) is 1. The monoisotopic (exact) mass is 481 g/mol. The van der Waals surface area contributed by atoms with Gasteiger partial charge >= 0.3 is 5.97 Å². The molecule has 1 aliphatic carbocycles. The molecule has 0 N–H and O–H groups in total. The molecule has 0 atom stereocenters. The van der Waals surface area contributed by atoms with Crippen molar-refractivity contribution in [3.05, 3.63) is 128 Å². The van der Waals surface area contributed by atoms with Crippen molar-refractivity contribution < 1.29 is 18.7 Å². The number of aromatic nitrogens is 1. The number of rotatable bonds is 6. The number of hydrogen-bond donors (Lipinski definition) is 0. The van der Waals surface area contributed by atoms with Crippen LogP contribution >= 0.6 is 0 Å². The van der Waals surface area contributed by atoms with Crippen molar-refractivity contribution in [2.75, 3.05) is 7.11 Å². The number of carbonyl (C=O) groups excluding carboxylic acids is 2. The fraction of sp³-hybridized carbons (Fsp3) is 0.167. The number of ether oxygens (including phenoxy) is 1. The Labute approximate surface area is 207 Å². The van der Waals surface area contributed by atoms with Gasteiger partial charge in [0.05, 0.1) is 12.7 Å². The van der Waals surface area contributed by atoms with Crippen molar-refractivity contribution in [1.82, 2.24) is 4.57 Å². The Hall–Kier alpha value is -4.32. The number of aryl methyl sites for hydroxylation is 1. The second kappa shape index (κ2) is 9.38. The zero-order chi connectivity index (χ0) is 25.4. The molecule has 36 heavy (non-hydrogen) atoms. The topological polar surface area (TPSA) is 65.4 Å². The van der Waals surface area contributed by atoms with E-state index in [1.165, 1.54) is 31.6 Å². The molecule has 5 rings (SSSR count). The third-order valence-electron chi connectivity index (χ3n) is 6.69. The summed E-state index contributed by atoms with van der Waals surface area (Å²) < 4.78 is 19.8. The smallest absolute Gasteiger partial charge is 0.343 e. The highest BCUT2D eigenvalue weighted by atomic mass is 19.1. The third kappa shape index (κ3) is 4.05. The molecule has 5 nitrogen and oxygen atoms in total. The van der Waals surface area contributed by atoms with Gasteiger partial charge in [0.15, 0.2) is 5.78 Å². The van der Waals surface area contributed by atoms with Gasteiger partial charge < -0.3 is 9.30 Å². The van der Waals surface area contributed by atoms with E-state index in [2.05, 4.69) is 0 Å². The fourth-order valence-electron chi connectivity index (χ4n) is 4.91. The predicted octanol–water partition coefficient (Wildman–Crippen LogP) is 5.19. The molecule has 1 heterocycles.